The average molecular weight is 397 g/mol. The lowest BCUT2D eigenvalue weighted by molar-refractivity contribution is -0.0457. The smallest absolute Gasteiger partial charge is 0.0577 e. The summed E-state index contributed by atoms with van der Waals surface area (Å²) in [6.07, 6.45) is 14.8. The lowest BCUT2D eigenvalue weighted by Gasteiger charge is -2.58. The second-order valence-electron chi connectivity index (χ2n) is 11.8. The first-order valence-electron chi connectivity index (χ1n) is 12.4. The molecule has 0 spiro atoms. The van der Waals surface area contributed by atoms with E-state index in [1.807, 2.05) is 0 Å². The van der Waals surface area contributed by atoms with Gasteiger partial charge in [-0.05, 0) is 112 Å². The van der Waals surface area contributed by atoms with Crippen molar-refractivity contribution in [3.05, 3.63) is 36.0 Å². The van der Waals surface area contributed by atoms with E-state index in [4.69, 9.17) is 0 Å². The molecule has 3 saturated carbocycles. The van der Waals surface area contributed by atoms with Crippen LogP contribution in [0.5, 0.6) is 0 Å². The summed E-state index contributed by atoms with van der Waals surface area (Å²) in [5.41, 5.74) is 5.25. The van der Waals surface area contributed by atoms with E-state index >= 15 is 0 Å². The monoisotopic (exact) mass is 396 g/mol. The van der Waals surface area contributed by atoms with Crippen molar-refractivity contribution < 1.29 is 5.11 Å². The van der Waals surface area contributed by atoms with E-state index in [2.05, 4.69) is 46.9 Å². The van der Waals surface area contributed by atoms with Crippen LogP contribution in [0.25, 0.3) is 0 Å². The van der Waals surface area contributed by atoms with Gasteiger partial charge in [0.25, 0.3) is 0 Å². The Kier molecular flexibility index (Phi) is 5.69. The Bertz CT molecular complexity index is 701. The van der Waals surface area contributed by atoms with Gasteiger partial charge < -0.3 is 5.11 Å². The van der Waals surface area contributed by atoms with Gasteiger partial charge in [-0.2, -0.15) is 0 Å². The normalized spacial score (nSPS) is 44.9. The molecule has 0 amide bonds. The molecular formula is C28H44O. The summed E-state index contributed by atoms with van der Waals surface area (Å²) in [5, 5.41) is 10.2. The summed E-state index contributed by atoms with van der Waals surface area (Å²) < 4.78 is 0. The number of fused-ring (bicyclic) bond motifs is 5. The molecule has 0 saturated heterocycles. The minimum Gasteiger partial charge on any atom is -0.393 e. The van der Waals surface area contributed by atoms with Gasteiger partial charge in [-0.15, -0.1) is 0 Å². The molecule has 0 radical (unpaired) electrons. The third-order valence-corrected chi connectivity index (χ3v) is 10.3. The van der Waals surface area contributed by atoms with Crippen LogP contribution in [0.1, 0.15) is 91.9 Å². The summed E-state index contributed by atoms with van der Waals surface area (Å²) in [5.74, 6) is 3.88. The minimum absolute atomic E-state index is 0.0967. The lowest BCUT2D eigenvalue weighted by Crippen LogP contribution is -2.50. The number of aliphatic hydroxyl groups is 1. The standard InChI is InChI=1S/C28H44O/c1-18(2)19(3)7-8-20(4)24-11-12-25-23-10-9-21-17-22(29)13-15-27(21,5)26(23)14-16-28(24,25)6/h9,19,22-26,29H,1,4,7-8,10-17H2,2-3,5-6H3/t19-,22?,23-,24+,25-,26-,27-,28+/m0/s1. The predicted octanol–water partition coefficient (Wildman–Crippen LogP) is 7.47. The van der Waals surface area contributed by atoms with Crippen LogP contribution < -0.4 is 0 Å². The van der Waals surface area contributed by atoms with Crippen LogP contribution in [-0.2, 0) is 0 Å². The molecule has 1 nitrogen and oxygen atoms in total. The molecule has 0 aliphatic heterocycles. The highest BCUT2D eigenvalue weighted by Gasteiger charge is 2.58. The summed E-state index contributed by atoms with van der Waals surface area (Å²) >= 11 is 0. The molecule has 4 aliphatic carbocycles. The Balaban J connectivity index is 1.50. The van der Waals surface area contributed by atoms with E-state index in [9.17, 15) is 5.11 Å². The third kappa shape index (κ3) is 3.50. The van der Waals surface area contributed by atoms with Crippen molar-refractivity contribution in [2.45, 2.75) is 98.0 Å². The highest BCUT2D eigenvalue weighted by molar-refractivity contribution is 5.26. The summed E-state index contributed by atoms with van der Waals surface area (Å²) in [4.78, 5) is 0. The Labute approximate surface area is 179 Å². The molecule has 162 valence electrons. The van der Waals surface area contributed by atoms with Crippen molar-refractivity contribution in [1.29, 1.82) is 0 Å². The zero-order chi connectivity index (χ0) is 21.0. The third-order valence-electron chi connectivity index (χ3n) is 10.3. The summed E-state index contributed by atoms with van der Waals surface area (Å²) in [6, 6.07) is 0. The molecule has 4 rings (SSSR count). The summed E-state index contributed by atoms with van der Waals surface area (Å²) in [6.45, 7) is 18.4. The Hall–Kier alpha value is -0.820. The molecule has 29 heavy (non-hydrogen) atoms. The predicted molar refractivity (Wildman–Crippen MR) is 124 cm³/mol. The average Bonchev–Trinajstić information content (AvgIpc) is 3.03. The van der Waals surface area contributed by atoms with Crippen LogP contribution in [0.3, 0.4) is 0 Å². The Morgan fingerprint density at radius 3 is 2.62 bits per heavy atom. The SMILES string of the molecule is C=C(CC[C@H](C)C(=C)C)[C@H]1CC[C@H]2[C@@H]3CC=C4CC(O)CC[C@]4(C)[C@H]3CC[C@]12C. The van der Waals surface area contributed by atoms with Gasteiger partial charge in [0.1, 0.15) is 0 Å². The molecule has 0 aromatic rings. The van der Waals surface area contributed by atoms with Gasteiger partial charge in [0.2, 0.25) is 0 Å². The molecule has 8 atom stereocenters. The largest absolute Gasteiger partial charge is 0.393 e. The number of aliphatic hydroxyl groups excluding tert-OH is 1. The fourth-order valence-corrected chi connectivity index (χ4v) is 8.13. The van der Waals surface area contributed by atoms with E-state index in [-0.39, 0.29) is 6.10 Å². The summed E-state index contributed by atoms with van der Waals surface area (Å²) in [7, 11) is 0. The van der Waals surface area contributed by atoms with Crippen LogP contribution in [0.4, 0.5) is 0 Å². The lowest BCUT2D eigenvalue weighted by atomic mass is 9.47. The van der Waals surface area contributed by atoms with Gasteiger partial charge >= 0.3 is 0 Å². The van der Waals surface area contributed by atoms with Crippen molar-refractivity contribution in [2.24, 2.45) is 40.4 Å². The van der Waals surface area contributed by atoms with E-state index in [1.54, 1.807) is 5.57 Å². The van der Waals surface area contributed by atoms with Crippen molar-refractivity contribution in [2.75, 3.05) is 0 Å². The van der Waals surface area contributed by atoms with E-state index < -0.39 is 0 Å². The number of hydrogen-bond donors (Lipinski definition) is 1. The molecule has 1 N–H and O–H groups in total. The zero-order valence-corrected chi connectivity index (χ0v) is 19.5. The Morgan fingerprint density at radius 2 is 1.90 bits per heavy atom. The molecule has 4 aliphatic rings. The number of allylic oxidation sites excluding steroid dienone is 3. The van der Waals surface area contributed by atoms with Gasteiger partial charge in [0, 0.05) is 0 Å². The maximum absolute atomic E-state index is 10.2. The minimum atomic E-state index is -0.0967. The fourth-order valence-electron chi connectivity index (χ4n) is 8.13. The quantitative estimate of drug-likeness (QED) is 0.478. The first kappa shape index (κ1) is 21.4. The molecule has 0 aromatic heterocycles. The van der Waals surface area contributed by atoms with Crippen molar-refractivity contribution in [3.8, 4) is 0 Å². The van der Waals surface area contributed by atoms with Gasteiger partial charge in [0.15, 0.2) is 0 Å². The van der Waals surface area contributed by atoms with E-state index in [0.29, 0.717) is 16.7 Å². The Morgan fingerprint density at radius 1 is 1.14 bits per heavy atom. The topological polar surface area (TPSA) is 20.2 Å². The first-order chi connectivity index (χ1) is 13.7. The maximum Gasteiger partial charge on any atom is 0.0577 e. The molecular weight excluding hydrogens is 352 g/mol. The fraction of sp³-hybridized carbons (Fsp3) is 0.786. The van der Waals surface area contributed by atoms with E-state index in [1.165, 1.54) is 62.5 Å². The van der Waals surface area contributed by atoms with Crippen LogP contribution in [0.15, 0.2) is 36.0 Å². The number of hydrogen-bond acceptors (Lipinski definition) is 1. The second kappa shape index (κ2) is 7.70. The van der Waals surface area contributed by atoms with Crippen molar-refractivity contribution >= 4 is 0 Å². The molecule has 1 heteroatoms. The van der Waals surface area contributed by atoms with Crippen molar-refractivity contribution in [1.82, 2.24) is 0 Å². The van der Waals surface area contributed by atoms with Gasteiger partial charge in [-0.1, -0.05) is 56.7 Å². The van der Waals surface area contributed by atoms with Crippen LogP contribution in [0, 0.1) is 40.4 Å². The van der Waals surface area contributed by atoms with Crippen molar-refractivity contribution in [3.63, 3.8) is 0 Å². The maximum atomic E-state index is 10.2. The number of rotatable bonds is 5. The second-order valence-corrected chi connectivity index (χ2v) is 11.8. The molecule has 0 aromatic carbocycles. The molecule has 0 heterocycles. The van der Waals surface area contributed by atoms with Crippen LogP contribution in [0.2, 0.25) is 0 Å². The van der Waals surface area contributed by atoms with E-state index in [0.717, 1.165) is 36.5 Å². The van der Waals surface area contributed by atoms with Crippen LogP contribution in [-0.4, -0.2) is 11.2 Å². The molecule has 3 fully saturated rings. The van der Waals surface area contributed by atoms with Gasteiger partial charge in [-0.3, -0.25) is 0 Å². The zero-order valence-electron chi connectivity index (χ0n) is 19.5. The van der Waals surface area contributed by atoms with Gasteiger partial charge in [0.05, 0.1) is 6.10 Å². The first-order valence-corrected chi connectivity index (χ1v) is 12.4. The highest BCUT2D eigenvalue weighted by atomic mass is 16.3. The highest BCUT2D eigenvalue weighted by Crippen LogP contribution is 2.67. The molecule has 1 unspecified atom stereocenters. The molecule has 0 bridgehead atoms. The van der Waals surface area contributed by atoms with Gasteiger partial charge in [-0.25, -0.2) is 0 Å². The van der Waals surface area contributed by atoms with Crippen LogP contribution >= 0.6 is 0 Å².